The molecule has 17 heavy (non-hydrogen) atoms. The summed E-state index contributed by atoms with van der Waals surface area (Å²) in [5, 5.41) is 18.8. The first-order valence-electron chi connectivity index (χ1n) is 5.90. The zero-order chi connectivity index (χ0) is 12.3. The maximum atomic E-state index is 12.9. The molecular weight excluding hydrogens is 219 g/mol. The second kappa shape index (κ2) is 5.43. The average molecular weight is 236 g/mol. The maximum Gasteiger partial charge on any atom is 0.123 e. The molecule has 0 aromatic heterocycles. The molecule has 2 nitrogen and oxygen atoms in total. The van der Waals surface area contributed by atoms with E-state index in [0.717, 1.165) is 12.0 Å². The van der Waals surface area contributed by atoms with Gasteiger partial charge in [-0.15, -0.1) is 0 Å². The Kier molecular flexibility index (Phi) is 3.92. The molecule has 0 amide bonds. The normalized spacial score (nSPS) is 28.3. The summed E-state index contributed by atoms with van der Waals surface area (Å²) in [5.74, 6) is -0.102. The van der Waals surface area contributed by atoms with Gasteiger partial charge in [-0.2, -0.15) is 0 Å². The molecule has 1 aliphatic carbocycles. The lowest BCUT2D eigenvalue weighted by Gasteiger charge is -2.33. The van der Waals surface area contributed by atoms with E-state index in [1.807, 2.05) is 12.2 Å². The van der Waals surface area contributed by atoms with Crippen molar-refractivity contribution in [2.75, 3.05) is 13.2 Å². The first kappa shape index (κ1) is 12.3. The van der Waals surface area contributed by atoms with Gasteiger partial charge in [-0.1, -0.05) is 24.3 Å². The average Bonchev–Trinajstić information content (AvgIpc) is 2.38. The Morgan fingerprint density at radius 2 is 1.82 bits per heavy atom. The molecule has 0 bridgehead atoms. The molecule has 92 valence electrons. The molecule has 0 saturated heterocycles. The molecule has 0 saturated carbocycles. The first-order valence-corrected chi connectivity index (χ1v) is 5.90. The number of aliphatic hydroxyl groups is 2. The molecule has 0 spiro atoms. The van der Waals surface area contributed by atoms with Crippen LogP contribution in [0.5, 0.6) is 0 Å². The minimum Gasteiger partial charge on any atom is -0.396 e. The van der Waals surface area contributed by atoms with E-state index in [0.29, 0.717) is 0 Å². The van der Waals surface area contributed by atoms with E-state index in [-0.39, 0.29) is 36.8 Å². The van der Waals surface area contributed by atoms with Gasteiger partial charge in [0.05, 0.1) is 0 Å². The third-order valence-corrected chi connectivity index (χ3v) is 3.55. The van der Waals surface area contributed by atoms with Gasteiger partial charge in [0, 0.05) is 19.1 Å². The van der Waals surface area contributed by atoms with E-state index in [2.05, 4.69) is 0 Å². The van der Waals surface area contributed by atoms with Gasteiger partial charge < -0.3 is 10.2 Å². The summed E-state index contributed by atoms with van der Waals surface area (Å²) in [6.07, 6.45) is 4.86. The largest absolute Gasteiger partial charge is 0.396 e. The lowest BCUT2D eigenvalue weighted by molar-refractivity contribution is 0.107. The number of benzene rings is 1. The molecule has 1 aliphatic rings. The van der Waals surface area contributed by atoms with Gasteiger partial charge in [-0.05, 0) is 36.0 Å². The van der Waals surface area contributed by atoms with Crippen LogP contribution in [0.2, 0.25) is 0 Å². The van der Waals surface area contributed by atoms with E-state index in [1.165, 1.54) is 12.1 Å². The predicted octanol–water partition coefficient (Wildman–Crippen LogP) is 2.09. The van der Waals surface area contributed by atoms with Crippen LogP contribution in [-0.2, 0) is 0 Å². The van der Waals surface area contributed by atoms with Crippen LogP contribution in [0, 0.1) is 17.7 Å². The molecule has 0 radical (unpaired) electrons. The first-order chi connectivity index (χ1) is 8.26. The van der Waals surface area contributed by atoms with Gasteiger partial charge in [-0.3, -0.25) is 0 Å². The van der Waals surface area contributed by atoms with E-state index >= 15 is 0 Å². The second-order valence-electron chi connectivity index (χ2n) is 4.53. The molecule has 0 fully saturated rings. The van der Waals surface area contributed by atoms with Crippen molar-refractivity contribution in [1.29, 1.82) is 0 Å². The molecular formula is C14H17FO2. The highest BCUT2D eigenvalue weighted by Gasteiger charge is 2.30. The van der Waals surface area contributed by atoms with Gasteiger partial charge in [0.2, 0.25) is 0 Å². The fourth-order valence-corrected chi connectivity index (χ4v) is 2.53. The van der Waals surface area contributed by atoms with Crippen LogP contribution in [0.25, 0.3) is 0 Å². The topological polar surface area (TPSA) is 40.5 Å². The second-order valence-corrected chi connectivity index (χ2v) is 4.53. The molecule has 0 heterocycles. The highest BCUT2D eigenvalue weighted by atomic mass is 19.1. The number of hydrogen-bond donors (Lipinski definition) is 2. The summed E-state index contributed by atoms with van der Waals surface area (Å²) in [6.45, 7) is 0.116. The smallest absolute Gasteiger partial charge is 0.123 e. The Balaban J connectivity index is 2.26. The lowest BCUT2D eigenvalue weighted by Crippen LogP contribution is -2.29. The van der Waals surface area contributed by atoms with Gasteiger partial charge in [-0.25, -0.2) is 4.39 Å². The van der Waals surface area contributed by atoms with E-state index in [4.69, 9.17) is 0 Å². The molecule has 0 aliphatic heterocycles. The number of rotatable bonds is 3. The number of allylic oxidation sites excluding steroid dienone is 2. The van der Waals surface area contributed by atoms with Crippen LogP contribution in [-0.4, -0.2) is 23.4 Å². The number of hydrogen-bond acceptors (Lipinski definition) is 2. The Hall–Kier alpha value is -1.19. The lowest BCUT2D eigenvalue weighted by atomic mass is 9.73. The molecule has 3 heteroatoms. The Labute approximate surface area is 100 Å². The molecule has 1 aromatic carbocycles. The Morgan fingerprint density at radius 3 is 2.41 bits per heavy atom. The highest BCUT2D eigenvalue weighted by Crippen LogP contribution is 2.36. The summed E-state index contributed by atoms with van der Waals surface area (Å²) in [6, 6.07) is 6.35. The van der Waals surface area contributed by atoms with Crippen molar-refractivity contribution in [2.45, 2.75) is 12.3 Å². The van der Waals surface area contributed by atoms with Gasteiger partial charge >= 0.3 is 0 Å². The van der Waals surface area contributed by atoms with Crippen molar-refractivity contribution in [2.24, 2.45) is 11.8 Å². The van der Waals surface area contributed by atoms with Crippen molar-refractivity contribution in [3.8, 4) is 0 Å². The van der Waals surface area contributed by atoms with Crippen LogP contribution in [0.3, 0.4) is 0 Å². The SMILES string of the molecule is OCC1CC=CC(c2ccc(F)cc2)C1CO. The summed E-state index contributed by atoms with van der Waals surface area (Å²) in [4.78, 5) is 0. The van der Waals surface area contributed by atoms with Crippen LogP contribution < -0.4 is 0 Å². The molecule has 1 aromatic rings. The fourth-order valence-electron chi connectivity index (χ4n) is 2.53. The van der Waals surface area contributed by atoms with Crippen LogP contribution in [0.4, 0.5) is 4.39 Å². The van der Waals surface area contributed by atoms with Crippen LogP contribution >= 0.6 is 0 Å². The van der Waals surface area contributed by atoms with Crippen molar-refractivity contribution in [3.63, 3.8) is 0 Å². The van der Waals surface area contributed by atoms with E-state index in [1.54, 1.807) is 12.1 Å². The standard InChI is InChI=1S/C14H17FO2/c15-12-6-4-10(5-7-12)13-3-1-2-11(8-16)14(13)9-17/h1,3-7,11,13-14,16-17H,2,8-9H2. The zero-order valence-electron chi connectivity index (χ0n) is 9.59. The van der Waals surface area contributed by atoms with E-state index < -0.39 is 0 Å². The van der Waals surface area contributed by atoms with Crippen molar-refractivity contribution < 1.29 is 14.6 Å². The van der Waals surface area contributed by atoms with Gasteiger partial charge in [0.1, 0.15) is 5.82 Å². The number of aliphatic hydroxyl groups excluding tert-OH is 2. The van der Waals surface area contributed by atoms with Crippen LogP contribution in [0.1, 0.15) is 17.9 Å². The monoisotopic (exact) mass is 236 g/mol. The minimum absolute atomic E-state index is 0.00969. The molecule has 2 rings (SSSR count). The predicted molar refractivity (Wildman–Crippen MR) is 64.0 cm³/mol. The van der Waals surface area contributed by atoms with Crippen molar-refractivity contribution in [3.05, 3.63) is 47.8 Å². The quantitative estimate of drug-likeness (QED) is 0.789. The zero-order valence-corrected chi connectivity index (χ0v) is 9.59. The van der Waals surface area contributed by atoms with E-state index in [9.17, 15) is 14.6 Å². The molecule has 3 unspecified atom stereocenters. The van der Waals surface area contributed by atoms with Crippen molar-refractivity contribution >= 4 is 0 Å². The highest BCUT2D eigenvalue weighted by molar-refractivity contribution is 5.27. The minimum atomic E-state index is -0.257. The fraction of sp³-hybridized carbons (Fsp3) is 0.429. The Morgan fingerprint density at radius 1 is 1.12 bits per heavy atom. The third kappa shape index (κ3) is 2.56. The third-order valence-electron chi connectivity index (χ3n) is 3.55. The summed E-state index contributed by atoms with van der Waals surface area (Å²) in [7, 11) is 0. The van der Waals surface area contributed by atoms with Crippen molar-refractivity contribution in [1.82, 2.24) is 0 Å². The summed E-state index contributed by atoms with van der Waals surface area (Å²) < 4.78 is 12.9. The van der Waals surface area contributed by atoms with Gasteiger partial charge in [0.25, 0.3) is 0 Å². The molecule has 3 atom stereocenters. The van der Waals surface area contributed by atoms with Gasteiger partial charge in [0.15, 0.2) is 0 Å². The summed E-state index contributed by atoms with van der Waals surface area (Å²) >= 11 is 0. The molecule has 2 N–H and O–H groups in total. The summed E-state index contributed by atoms with van der Waals surface area (Å²) in [5.41, 5.74) is 0.986. The van der Waals surface area contributed by atoms with Crippen LogP contribution in [0.15, 0.2) is 36.4 Å². The Bertz CT molecular complexity index is 386. The number of halogens is 1. The maximum absolute atomic E-state index is 12.9.